The molecule has 5 rings (SSSR count). The van der Waals surface area contributed by atoms with Gasteiger partial charge in [-0.1, -0.05) is 169 Å². The van der Waals surface area contributed by atoms with Gasteiger partial charge in [0.2, 0.25) is 0 Å². The lowest BCUT2D eigenvalue weighted by Gasteiger charge is -2.28. The van der Waals surface area contributed by atoms with Crippen molar-refractivity contribution in [3.63, 3.8) is 0 Å². The molecule has 3 aromatic carbocycles. The maximum absolute atomic E-state index is 11.2. The van der Waals surface area contributed by atoms with Crippen LogP contribution >= 0.6 is 0 Å². The van der Waals surface area contributed by atoms with Gasteiger partial charge in [-0.05, 0) is 93.1 Å². The van der Waals surface area contributed by atoms with E-state index < -0.39 is 0 Å². The molecule has 0 bridgehead atoms. The molecule has 2 aliphatic carbocycles. The highest BCUT2D eigenvalue weighted by atomic mass is 16.3. The summed E-state index contributed by atoms with van der Waals surface area (Å²) in [6.45, 7) is 38.4. The molecule has 8 nitrogen and oxygen atoms in total. The van der Waals surface area contributed by atoms with Crippen molar-refractivity contribution in [3.8, 4) is 17.2 Å². The molecule has 8 heteroatoms. The molecule has 65 heavy (non-hydrogen) atoms. The second-order valence-electron chi connectivity index (χ2n) is 25.1. The molecule has 0 aromatic heterocycles. The molecule has 0 heterocycles. The van der Waals surface area contributed by atoms with E-state index in [1.807, 2.05) is 39.3 Å². The van der Waals surface area contributed by atoms with E-state index in [2.05, 4.69) is 128 Å². The Kier molecular flexibility index (Phi) is 18.1. The molecule has 0 radical (unpaired) electrons. The van der Waals surface area contributed by atoms with Gasteiger partial charge in [0.1, 0.15) is 17.2 Å². The van der Waals surface area contributed by atoms with Crippen molar-refractivity contribution in [1.82, 2.24) is 0 Å². The SMILES string of the molecule is CC(C)(C)c1cc(C=N[C@H]2CCCC[C@@H]2N=Cc2cc(C(C)(C)C)cc(C(C)(C)C)c2O)c(O)c(C(C)(C)C)c1.CC(C)(C)c1cc(C=O)c(O)c(C(C)(C)C)c1.N[C@H]1CCCC[C@@H]1N. The van der Waals surface area contributed by atoms with Crippen LogP contribution in [-0.4, -0.2) is 58.2 Å². The molecule has 2 saturated carbocycles. The highest BCUT2D eigenvalue weighted by molar-refractivity contribution is 5.86. The zero-order chi connectivity index (χ0) is 49.7. The van der Waals surface area contributed by atoms with Crippen molar-refractivity contribution >= 4 is 18.7 Å². The van der Waals surface area contributed by atoms with E-state index >= 15 is 0 Å². The Hall–Kier alpha value is -4.01. The average Bonchev–Trinajstić information content (AvgIpc) is 3.16. The molecule has 0 unspecified atom stereocenters. The van der Waals surface area contributed by atoms with Crippen LogP contribution in [0.2, 0.25) is 0 Å². The lowest BCUT2D eigenvalue weighted by Crippen LogP contribution is -2.43. The van der Waals surface area contributed by atoms with Gasteiger partial charge >= 0.3 is 0 Å². The fourth-order valence-corrected chi connectivity index (χ4v) is 8.25. The maximum Gasteiger partial charge on any atom is 0.153 e. The molecule has 362 valence electrons. The third-order valence-electron chi connectivity index (χ3n) is 12.9. The molecule has 7 N–H and O–H groups in total. The normalized spacial score (nSPS) is 20.2. The highest BCUT2D eigenvalue weighted by Crippen LogP contribution is 2.40. The first-order valence-corrected chi connectivity index (χ1v) is 24.2. The summed E-state index contributed by atoms with van der Waals surface area (Å²) < 4.78 is 0. The number of phenols is 3. The number of aldehydes is 1. The van der Waals surface area contributed by atoms with Crippen molar-refractivity contribution in [1.29, 1.82) is 0 Å². The highest BCUT2D eigenvalue weighted by Gasteiger charge is 2.29. The molecule has 2 fully saturated rings. The summed E-state index contributed by atoms with van der Waals surface area (Å²) in [5.41, 5.74) is 18.8. The van der Waals surface area contributed by atoms with Gasteiger partial charge in [0.25, 0.3) is 0 Å². The third-order valence-corrected chi connectivity index (χ3v) is 12.9. The Labute approximate surface area is 395 Å². The van der Waals surface area contributed by atoms with Crippen LogP contribution in [0.25, 0.3) is 0 Å². The Morgan fingerprint density at radius 2 is 0.692 bits per heavy atom. The number of rotatable bonds is 5. The number of hydrogen-bond acceptors (Lipinski definition) is 8. The lowest BCUT2D eigenvalue weighted by atomic mass is 9.79. The van der Waals surface area contributed by atoms with Crippen LogP contribution in [0.5, 0.6) is 17.2 Å². The summed E-state index contributed by atoms with van der Waals surface area (Å²) >= 11 is 0. The van der Waals surface area contributed by atoms with Gasteiger partial charge in [-0.25, -0.2) is 0 Å². The first-order chi connectivity index (χ1) is 29.6. The van der Waals surface area contributed by atoms with Crippen molar-refractivity contribution in [2.45, 2.75) is 233 Å². The van der Waals surface area contributed by atoms with Crippen molar-refractivity contribution < 1.29 is 20.1 Å². The topological polar surface area (TPSA) is 155 Å². The molecule has 0 spiro atoms. The minimum Gasteiger partial charge on any atom is -0.507 e. The van der Waals surface area contributed by atoms with Gasteiger partial charge in [0.15, 0.2) is 6.29 Å². The molecule has 0 amide bonds. The van der Waals surface area contributed by atoms with E-state index in [9.17, 15) is 20.1 Å². The molecule has 0 aliphatic heterocycles. The van der Waals surface area contributed by atoms with E-state index in [0.717, 1.165) is 78.2 Å². The monoisotopic (exact) mass is 895 g/mol. The molecule has 2 aliphatic rings. The van der Waals surface area contributed by atoms with E-state index in [4.69, 9.17) is 21.5 Å². The Balaban J connectivity index is 0.000000364. The summed E-state index contributed by atoms with van der Waals surface area (Å²) in [7, 11) is 0. The predicted molar refractivity (Wildman–Crippen MR) is 278 cm³/mol. The van der Waals surface area contributed by atoms with Crippen molar-refractivity contribution in [2.24, 2.45) is 21.5 Å². The van der Waals surface area contributed by atoms with Crippen LogP contribution < -0.4 is 11.5 Å². The third kappa shape index (κ3) is 15.5. The summed E-state index contributed by atoms with van der Waals surface area (Å²) in [4.78, 5) is 21.1. The fourth-order valence-electron chi connectivity index (χ4n) is 8.25. The molecule has 0 saturated heterocycles. The van der Waals surface area contributed by atoms with E-state index in [1.54, 1.807) is 6.07 Å². The molecule has 3 aromatic rings. The molecular formula is C57H90N4O4. The van der Waals surface area contributed by atoms with Crippen LogP contribution in [0, 0.1) is 0 Å². The predicted octanol–water partition coefficient (Wildman–Crippen LogP) is 13.2. The van der Waals surface area contributed by atoms with Crippen LogP contribution in [0.1, 0.15) is 231 Å². The average molecular weight is 895 g/mol. The van der Waals surface area contributed by atoms with E-state index in [1.165, 1.54) is 24.0 Å². The van der Waals surface area contributed by atoms with Crippen LogP contribution in [0.3, 0.4) is 0 Å². The number of hydrogen-bond donors (Lipinski definition) is 5. The zero-order valence-corrected chi connectivity index (χ0v) is 44.0. The number of phenolic OH excluding ortho intramolecular Hbond substituents is 3. The quantitative estimate of drug-likeness (QED) is 0.127. The number of carbonyl (C=O) groups excluding carboxylic acids is 1. The Morgan fingerprint density at radius 3 is 0.938 bits per heavy atom. The fraction of sp³-hybridized carbons (Fsp3) is 0.632. The number of benzene rings is 3. The number of aliphatic imine (C=N–C) groups is 2. The summed E-state index contributed by atoms with van der Waals surface area (Å²) in [5.74, 6) is 0.748. The van der Waals surface area contributed by atoms with Gasteiger partial charge < -0.3 is 26.8 Å². The number of nitrogens with two attached hydrogens (primary N) is 2. The van der Waals surface area contributed by atoms with Gasteiger partial charge in [-0.3, -0.25) is 14.8 Å². The van der Waals surface area contributed by atoms with Gasteiger partial charge in [0, 0.05) is 52.3 Å². The second-order valence-corrected chi connectivity index (χ2v) is 25.1. The van der Waals surface area contributed by atoms with E-state index in [0.29, 0.717) is 17.1 Å². The van der Waals surface area contributed by atoms with Crippen molar-refractivity contribution in [3.05, 3.63) is 86.5 Å². The number of carbonyl (C=O) groups is 1. The summed E-state index contributed by atoms with van der Waals surface area (Å²) in [6, 6.07) is 12.9. The number of nitrogens with zero attached hydrogens (tertiary/aromatic N) is 2. The summed E-state index contributed by atoms with van der Waals surface area (Å²) in [6.07, 6.45) is 13.4. The van der Waals surface area contributed by atoms with Gasteiger partial charge in [-0.2, -0.15) is 0 Å². The second kappa shape index (κ2) is 21.3. The number of aromatic hydroxyl groups is 3. The largest absolute Gasteiger partial charge is 0.507 e. The molecular weight excluding hydrogens is 805 g/mol. The minimum atomic E-state index is -0.179. The minimum absolute atomic E-state index is 0.0362. The lowest BCUT2D eigenvalue weighted by molar-refractivity contribution is 0.112. The van der Waals surface area contributed by atoms with Crippen LogP contribution in [0.4, 0.5) is 0 Å². The first-order valence-electron chi connectivity index (χ1n) is 24.2. The van der Waals surface area contributed by atoms with Gasteiger partial charge in [0.05, 0.1) is 17.6 Å². The summed E-state index contributed by atoms with van der Waals surface area (Å²) in [5, 5.41) is 32.5. The van der Waals surface area contributed by atoms with Crippen molar-refractivity contribution in [2.75, 3.05) is 0 Å². The Bertz CT molecular complexity index is 2020. The van der Waals surface area contributed by atoms with Crippen LogP contribution in [0.15, 0.2) is 46.4 Å². The molecule has 4 atom stereocenters. The maximum atomic E-state index is 11.2. The van der Waals surface area contributed by atoms with Gasteiger partial charge in [-0.15, -0.1) is 0 Å². The standard InChI is InChI=1S/C36H54N2O2.C15H22O2.C6H14N2/c1-33(2,3)25-17-23(31(39)27(19-25)35(7,8)9)21-37-29-15-13-14-16-30(29)38-22-24-18-26(34(4,5)6)20-28(32(24)40)36(10,11)12;1-14(2,3)11-7-10(9-16)13(17)12(8-11)15(4,5)6;7-5-3-1-2-4-6(5)8/h17-22,29-30,39-40H,13-16H2,1-12H3;7-9,17H,1-6H3;5-6H,1-4,7-8H2/t29-,30-;;5-,6-/m0.0/s1. The Morgan fingerprint density at radius 1 is 0.431 bits per heavy atom. The smallest absolute Gasteiger partial charge is 0.153 e. The first kappa shape index (κ1) is 55.3. The van der Waals surface area contributed by atoms with Crippen LogP contribution in [-0.2, 0) is 32.5 Å². The zero-order valence-electron chi connectivity index (χ0n) is 44.0. The van der Waals surface area contributed by atoms with E-state index in [-0.39, 0.29) is 62.4 Å².